The Morgan fingerprint density at radius 2 is 1.75 bits per heavy atom. The molecular weight excluding hydrogens is 145 g/mol. The first kappa shape index (κ1) is 7.23. The van der Waals surface area contributed by atoms with Gasteiger partial charge in [0.2, 0.25) is 7.28 Å². The lowest BCUT2D eigenvalue weighted by atomic mass is 9.67. The summed E-state index contributed by atoms with van der Waals surface area (Å²) >= 11 is 0. The van der Waals surface area contributed by atoms with Crippen LogP contribution in [0.2, 0.25) is 0 Å². The second-order valence-electron chi connectivity index (χ2n) is 2.68. The smallest absolute Gasteiger partial charge is 0.213 e. The molecule has 1 radical (unpaired) electrons. The van der Waals surface area contributed by atoms with Crippen LogP contribution in [0.25, 0.3) is 0 Å². The summed E-state index contributed by atoms with van der Waals surface area (Å²) in [5.74, 6) is 0. The number of hydrogen-bond donors (Lipinski definition) is 1. The number of aromatic amines is 1. The highest BCUT2D eigenvalue weighted by Crippen LogP contribution is 1.81. The third-order valence-electron chi connectivity index (χ3n) is 1.74. The Kier molecular flexibility index (Phi) is 1.99. The van der Waals surface area contributed by atoms with Crippen molar-refractivity contribution >= 4 is 18.3 Å². The Labute approximate surface area is 72.7 Å². The first-order valence-corrected chi connectivity index (χ1v) is 3.98. The topological polar surface area (TPSA) is 15.8 Å². The van der Waals surface area contributed by atoms with Crippen molar-refractivity contribution in [2.45, 2.75) is 0 Å². The molecule has 0 aliphatic carbocycles. The highest BCUT2D eigenvalue weighted by Gasteiger charge is 1.96. The van der Waals surface area contributed by atoms with Crippen molar-refractivity contribution in [1.82, 2.24) is 4.98 Å². The van der Waals surface area contributed by atoms with Crippen LogP contribution in [0.3, 0.4) is 0 Å². The number of benzene rings is 1. The summed E-state index contributed by atoms with van der Waals surface area (Å²) in [7, 11) is 2.11. The van der Waals surface area contributed by atoms with Crippen LogP contribution in [0.15, 0.2) is 48.7 Å². The van der Waals surface area contributed by atoms with Gasteiger partial charge >= 0.3 is 0 Å². The molecule has 0 amide bonds. The summed E-state index contributed by atoms with van der Waals surface area (Å²) in [5.41, 5.74) is 2.36. The second kappa shape index (κ2) is 3.31. The van der Waals surface area contributed by atoms with Crippen LogP contribution < -0.4 is 11.1 Å². The Bertz CT molecular complexity index is 326. The van der Waals surface area contributed by atoms with Crippen LogP contribution in [0.5, 0.6) is 0 Å². The summed E-state index contributed by atoms with van der Waals surface area (Å²) < 4.78 is 0. The molecule has 2 heteroatoms. The first-order chi connectivity index (χ1) is 5.95. The molecule has 0 atom stereocenters. The van der Waals surface area contributed by atoms with Crippen molar-refractivity contribution in [2.24, 2.45) is 0 Å². The maximum Gasteiger partial charge on any atom is 0.213 e. The third-order valence-corrected chi connectivity index (χ3v) is 1.74. The molecule has 2 aromatic rings. The minimum atomic E-state index is 1.14. The molecule has 0 spiro atoms. The van der Waals surface area contributed by atoms with Crippen molar-refractivity contribution in [3.05, 3.63) is 48.7 Å². The average Bonchev–Trinajstić information content (AvgIpc) is 2.59. The maximum atomic E-state index is 3.13. The van der Waals surface area contributed by atoms with Crippen LogP contribution in [0.1, 0.15) is 0 Å². The maximum absolute atomic E-state index is 3.13. The van der Waals surface area contributed by atoms with Crippen LogP contribution in [0.4, 0.5) is 0 Å². The van der Waals surface area contributed by atoms with E-state index in [1.54, 1.807) is 0 Å². The lowest BCUT2D eigenvalue weighted by Crippen LogP contribution is -2.27. The van der Waals surface area contributed by atoms with Crippen molar-refractivity contribution < 1.29 is 0 Å². The molecule has 0 fully saturated rings. The van der Waals surface area contributed by atoms with Gasteiger partial charge < -0.3 is 4.98 Å². The molecule has 0 saturated carbocycles. The number of aromatic nitrogens is 1. The molecular formula is C10H9BN. The molecule has 57 valence electrons. The molecule has 1 aromatic carbocycles. The van der Waals surface area contributed by atoms with Crippen LogP contribution in [0, 0.1) is 0 Å². The van der Waals surface area contributed by atoms with E-state index in [0.29, 0.717) is 0 Å². The van der Waals surface area contributed by atoms with Gasteiger partial charge in [-0.1, -0.05) is 41.9 Å². The van der Waals surface area contributed by atoms with Gasteiger partial charge in [0, 0.05) is 0 Å². The first-order valence-electron chi connectivity index (χ1n) is 3.98. The van der Waals surface area contributed by atoms with Gasteiger partial charge in [-0.05, 0) is 17.9 Å². The minimum Gasteiger partial charge on any atom is -0.373 e. The molecule has 1 N–H and O–H groups in total. The highest BCUT2D eigenvalue weighted by molar-refractivity contribution is 6.66. The van der Waals surface area contributed by atoms with E-state index in [1.165, 1.54) is 5.46 Å². The fourth-order valence-electron chi connectivity index (χ4n) is 1.16. The summed E-state index contributed by atoms with van der Waals surface area (Å²) in [6, 6.07) is 14.3. The number of nitrogens with one attached hydrogen (secondary N) is 1. The van der Waals surface area contributed by atoms with Gasteiger partial charge in [-0.25, -0.2) is 0 Å². The Morgan fingerprint density at radius 1 is 0.917 bits per heavy atom. The second-order valence-corrected chi connectivity index (χ2v) is 2.68. The highest BCUT2D eigenvalue weighted by atomic mass is 14.6. The van der Waals surface area contributed by atoms with Crippen molar-refractivity contribution in [3.8, 4) is 0 Å². The van der Waals surface area contributed by atoms with E-state index in [4.69, 9.17) is 0 Å². The van der Waals surface area contributed by atoms with Crippen molar-refractivity contribution in [2.75, 3.05) is 0 Å². The van der Waals surface area contributed by atoms with E-state index in [-0.39, 0.29) is 0 Å². The SMILES string of the molecule is [B](c1ccccc1)c1ccc[nH]1. The van der Waals surface area contributed by atoms with Crippen LogP contribution in [-0.4, -0.2) is 12.3 Å². The lowest BCUT2D eigenvalue weighted by molar-refractivity contribution is 1.47. The minimum absolute atomic E-state index is 1.14. The van der Waals surface area contributed by atoms with Crippen molar-refractivity contribution in [3.63, 3.8) is 0 Å². The molecule has 1 nitrogen and oxygen atoms in total. The number of hydrogen-bond acceptors (Lipinski definition) is 0. The fourth-order valence-corrected chi connectivity index (χ4v) is 1.16. The predicted octanol–water partition coefficient (Wildman–Crippen LogP) is 0.670. The average molecular weight is 154 g/mol. The van der Waals surface area contributed by atoms with Gasteiger partial charge in [-0.15, -0.1) is 0 Å². The lowest BCUT2D eigenvalue weighted by Gasteiger charge is -1.95. The molecule has 0 aliphatic heterocycles. The quantitative estimate of drug-likeness (QED) is 0.612. The van der Waals surface area contributed by atoms with Gasteiger partial charge in [0.15, 0.2) is 0 Å². The molecule has 1 heterocycles. The Hall–Kier alpha value is -1.44. The summed E-state index contributed by atoms with van der Waals surface area (Å²) in [6.45, 7) is 0. The Balaban J connectivity index is 2.15. The van der Waals surface area contributed by atoms with E-state index < -0.39 is 0 Å². The molecule has 12 heavy (non-hydrogen) atoms. The molecule has 0 aliphatic rings. The van der Waals surface area contributed by atoms with Gasteiger partial charge in [-0.3, -0.25) is 0 Å². The largest absolute Gasteiger partial charge is 0.373 e. The van der Waals surface area contributed by atoms with Crippen molar-refractivity contribution in [1.29, 1.82) is 0 Å². The van der Waals surface area contributed by atoms with E-state index in [0.717, 1.165) is 5.59 Å². The third kappa shape index (κ3) is 1.59. The van der Waals surface area contributed by atoms with E-state index in [9.17, 15) is 0 Å². The van der Waals surface area contributed by atoms with E-state index in [1.807, 2.05) is 36.5 Å². The van der Waals surface area contributed by atoms with Crippen LogP contribution >= 0.6 is 0 Å². The van der Waals surface area contributed by atoms with E-state index >= 15 is 0 Å². The summed E-state index contributed by atoms with van der Waals surface area (Å²) in [6.07, 6.45) is 1.93. The zero-order valence-corrected chi connectivity index (χ0v) is 6.70. The van der Waals surface area contributed by atoms with Crippen LogP contribution in [-0.2, 0) is 0 Å². The molecule has 0 bridgehead atoms. The molecule has 2 rings (SSSR count). The van der Waals surface area contributed by atoms with Gasteiger partial charge in [-0.2, -0.15) is 0 Å². The van der Waals surface area contributed by atoms with Gasteiger partial charge in [0.25, 0.3) is 0 Å². The molecule has 1 aromatic heterocycles. The summed E-state index contributed by atoms with van der Waals surface area (Å²) in [4.78, 5) is 3.13. The molecule has 0 unspecified atom stereocenters. The predicted molar refractivity (Wildman–Crippen MR) is 52.3 cm³/mol. The number of rotatable bonds is 2. The summed E-state index contributed by atoms with van der Waals surface area (Å²) in [5, 5.41) is 0. The fraction of sp³-hybridized carbons (Fsp3) is 0. The van der Waals surface area contributed by atoms with E-state index in [2.05, 4.69) is 24.4 Å². The van der Waals surface area contributed by atoms with Gasteiger partial charge in [0.05, 0.1) is 0 Å². The number of H-pyrrole nitrogens is 1. The van der Waals surface area contributed by atoms with Gasteiger partial charge in [0.1, 0.15) is 0 Å². The zero-order valence-electron chi connectivity index (χ0n) is 6.70. The normalized spacial score (nSPS) is 9.67. The monoisotopic (exact) mass is 154 g/mol. The molecule has 0 saturated heterocycles. The zero-order chi connectivity index (χ0) is 8.23. The Morgan fingerprint density at radius 3 is 2.42 bits per heavy atom. The standard InChI is InChI=1S/C10H9BN/c1-2-5-9(6-3-1)11-10-7-4-8-12-10/h1-8,12H.